The fraction of sp³-hybridized carbons (Fsp3) is 0.143. The molecule has 0 aliphatic heterocycles. The third kappa shape index (κ3) is 2.37. The van der Waals surface area contributed by atoms with Crippen LogP contribution < -0.4 is 10.6 Å². The first-order valence-electron chi connectivity index (χ1n) is 5.44. The van der Waals surface area contributed by atoms with Crippen LogP contribution >= 0.6 is 11.6 Å². The molecule has 2 rings (SSSR count). The van der Waals surface area contributed by atoms with Gasteiger partial charge in [-0.3, -0.25) is 0 Å². The van der Waals surface area contributed by atoms with Crippen LogP contribution in [-0.2, 0) is 0 Å². The number of benzene rings is 2. The molecule has 2 aromatic carbocycles. The largest absolute Gasteiger partial charge is 0.397 e. The van der Waals surface area contributed by atoms with Crippen molar-refractivity contribution in [3.05, 3.63) is 53.1 Å². The Bertz CT molecular complexity index is 523. The first kappa shape index (κ1) is 11.8. The van der Waals surface area contributed by atoms with E-state index >= 15 is 0 Å². The van der Waals surface area contributed by atoms with Gasteiger partial charge in [0.05, 0.1) is 11.4 Å². The first-order chi connectivity index (χ1) is 8.09. The molecule has 0 fully saturated rings. The molecule has 0 saturated heterocycles. The highest BCUT2D eigenvalue weighted by Gasteiger charge is 2.09. The van der Waals surface area contributed by atoms with Gasteiger partial charge in [-0.15, -0.1) is 0 Å². The fourth-order valence-electron chi connectivity index (χ4n) is 1.76. The second-order valence-corrected chi connectivity index (χ2v) is 4.46. The lowest BCUT2D eigenvalue weighted by Gasteiger charge is -2.22. The zero-order chi connectivity index (χ0) is 12.4. The lowest BCUT2D eigenvalue weighted by Crippen LogP contribution is -2.11. The van der Waals surface area contributed by atoms with Gasteiger partial charge in [0.15, 0.2) is 0 Å². The number of nitrogens with two attached hydrogens (primary N) is 1. The lowest BCUT2D eigenvalue weighted by atomic mass is 10.1. The number of anilines is 3. The Morgan fingerprint density at radius 1 is 1.12 bits per heavy atom. The van der Waals surface area contributed by atoms with E-state index in [0.717, 1.165) is 16.9 Å². The van der Waals surface area contributed by atoms with E-state index in [0.29, 0.717) is 10.7 Å². The van der Waals surface area contributed by atoms with Gasteiger partial charge in [-0.05, 0) is 36.8 Å². The minimum Gasteiger partial charge on any atom is -0.397 e. The molecule has 2 nitrogen and oxygen atoms in total. The molecule has 2 aromatic rings. The van der Waals surface area contributed by atoms with Crippen molar-refractivity contribution in [2.45, 2.75) is 6.92 Å². The maximum atomic E-state index is 6.04. The molecule has 0 amide bonds. The van der Waals surface area contributed by atoms with Gasteiger partial charge < -0.3 is 10.6 Å². The monoisotopic (exact) mass is 246 g/mol. The molecular weight excluding hydrogens is 232 g/mol. The van der Waals surface area contributed by atoms with E-state index < -0.39 is 0 Å². The molecule has 0 aromatic heterocycles. The Morgan fingerprint density at radius 2 is 1.76 bits per heavy atom. The average Bonchev–Trinajstić information content (AvgIpc) is 2.34. The van der Waals surface area contributed by atoms with E-state index in [1.165, 1.54) is 0 Å². The Hall–Kier alpha value is -1.67. The van der Waals surface area contributed by atoms with Crippen LogP contribution in [-0.4, -0.2) is 7.05 Å². The van der Waals surface area contributed by atoms with Crippen molar-refractivity contribution in [3.63, 3.8) is 0 Å². The second kappa shape index (κ2) is 4.68. The van der Waals surface area contributed by atoms with Crippen LogP contribution in [0.25, 0.3) is 0 Å². The van der Waals surface area contributed by atoms with Crippen LogP contribution in [0.5, 0.6) is 0 Å². The van der Waals surface area contributed by atoms with E-state index in [4.69, 9.17) is 17.3 Å². The van der Waals surface area contributed by atoms with Crippen LogP contribution in [0.15, 0.2) is 42.5 Å². The summed E-state index contributed by atoms with van der Waals surface area (Å²) < 4.78 is 0. The smallest absolute Gasteiger partial charge is 0.0645 e. The van der Waals surface area contributed by atoms with Crippen molar-refractivity contribution in [1.82, 2.24) is 0 Å². The number of hydrogen-bond donors (Lipinski definition) is 1. The summed E-state index contributed by atoms with van der Waals surface area (Å²) in [6, 6.07) is 13.9. The van der Waals surface area contributed by atoms with Gasteiger partial charge in [0.1, 0.15) is 0 Å². The number of hydrogen-bond acceptors (Lipinski definition) is 2. The van der Waals surface area contributed by atoms with Gasteiger partial charge in [-0.1, -0.05) is 29.8 Å². The maximum Gasteiger partial charge on any atom is 0.0645 e. The standard InChI is InChI=1S/C14H15ClN2/c1-10-8-14(13(16)9-12(10)15)17(2)11-6-4-3-5-7-11/h3-9H,16H2,1-2H3. The summed E-state index contributed by atoms with van der Waals surface area (Å²) in [4.78, 5) is 2.05. The summed E-state index contributed by atoms with van der Waals surface area (Å²) in [6.07, 6.45) is 0. The number of nitrogen functional groups attached to an aromatic ring is 1. The van der Waals surface area contributed by atoms with Crippen LogP contribution in [0.1, 0.15) is 5.56 Å². The van der Waals surface area contributed by atoms with Gasteiger partial charge in [-0.25, -0.2) is 0 Å². The van der Waals surface area contributed by atoms with Crippen molar-refractivity contribution < 1.29 is 0 Å². The second-order valence-electron chi connectivity index (χ2n) is 4.05. The van der Waals surface area contributed by atoms with E-state index in [1.54, 1.807) is 6.07 Å². The number of aryl methyl sites for hydroxylation is 1. The number of rotatable bonds is 2. The molecule has 0 unspecified atom stereocenters. The molecule has 0 aliphatic rings. The lowest BCUT2D eigenvalue weighted by molar-refractivity contribution is 1.20. The summed E-state index contributed by atoms with van der Waals surface area (Å²) >= 11 is 6.04. The molecule has 0 heterocycles. The highest BCUT2D eigenvalue weighted by Crippen LogP contribution is 2.32. The molecular formula is C14H15ClN2. The van der Waals surface area contributed by atoms with Gasteiger partial charge in [-0.2, -0.15) is 0 Å². The van der Waals surface area contributed by atoms with Gasteiger partial charge >= 0.3 is 0 Å². The molecule has 0 atom stereocenters. The van der Waals surface area contributed by atoms with Gasteiger partial charge in [0.2, 0.25) is 0 Å². The minimum atomic E-state index is 0.687. The van der Waals surface area contributed by atoms with Crippen LogP contribution in [0.2, 0.25) is 5.02 Å². The first-order valence-corrected chi connectivity index (χ1v) is 5.82. The third-order valence-electron chi connectivity index (χ3n) is 2.81. The molecule has 88 valence electrons. The number of nitrogens with zero attached hydrogens (tertiary/aromatic N) is 1. The molecule has 0 radical (unpaired) electrons. The molecule has 17 heavy (non-hydrogen) atoms. The van der Waals surface area contributed by atoms with E-state index in [-0.39, 0.29) is 0 Å². The zero-order valence-electron chi connectivity index (χ0n) is 9.94. The predicted molar refractivity (Wildman–Crippen MR) is 75.1 cm³/mol. The minimum absolute atomic E-state index is 0.687. The van der Waals surface area contributed by atoms with Crippen LogP contribution in [0, 0.1) is 6.92 Å². The van der Waals surface area contributed by atoms with E-state index in [2.05, 4.69) is 4.90 Å². The fourth-order valence-corrected chi connectivity index (χ4v) is 1.93. The zero-order valence-corrected chi connectivity index (χ0v) is 10.7. The molecule has 0 aliphatic carbocycles. The Balaban J connectivity index is 2.44. The summed E-state index contributed by atoms with van der Waals surface area (Å²) in [7, 11) is 1.99. The normalized spacial score (nSPS) is 10.3. The SMILES string of the molecule is Cc1cc(N(C)c2ccccc2)c(N)cc1Cl. The quantitative estimate of drug-likeness (QED) is 0.812. The predicted octanol–water partition coefficient (Wildman–Crippen LogP) is 4.00. The highest BCUT2D eigenvalue weighted by molar-refractivity contribution is 6.31. The van der Waals surface area contributed by atoms with Crippen molar-refractivity contribution >= 4 is 28.7 Å². The molecule has 3 heteroatoms. The van der Waals surface area contributed by atoms with Gasteiger partial charge in [0.25, 0.3) is 0 Å². The molecule has 0 spiro atoms. The van der Waals surface area contributed by atoms with Gasteiger partial charge in [0, 0.05) is 17.8 Å². The topological polar surface area (TPSA) is 29.3 Å². The molecule has 2 N–H and O–H groups in total. The van der Waals surface area contributed by atoms with Crippen molar-refractivity contribution in [2.75, 3.05) is 17.7 Å². The van der Waals surface area contributed by atoms with E-state index in [9.17, 15) is 0 Å². The maximum absolute atomic E-state index is 6.04. The van der Waals surface area contributed by atoms with Crippen LogP contribution in [0.3, 0.4) is 0 Å². The Kier molecular flexibility index (Phi) is 3.25. The highest BCUT2D eigenvalue weighted by atomic mass is 35.5. The van der Waals surface area contributed by atoms with Crippen LogP contribution in [0.4, 0.5) is 17.1 Å². The number of para-hydroxylation sites is 1. The summed E-state index contributed by atoms with van der Waals surface area (Å²) in [5.74, 6) is 0. The Labute approximate surface area is 107 Å². The Morgan fingerprint density at radius 3 is 2.41 bits per heavy atom. The van der Waals surface area contributed by atoms with Crippen molar-refractivity contribution in [2.24, 2.45) is 0 Å². The summed E-state index contributed by atoms with van der Waals surface area (Å²) in [6.45, 7) is 1.98. The summed E-state index contributed by atoms with van der Waals surface area (Å²) in [5.41, 5.74) is 9.78. The van der Waals surface area contributed by atoms with E-state index in [1.807, 2.05) is 50.4 Å². The molecule has 0 saturated carbocycles. The average molecular weight is 247 g/mol. The summed E-state index contributed by atoms with van der Waals surface area (Å²) in [5, 5.41) is 0.702. The number of halogens is 1. The van der Waals surface area contributed by atoms with Crippen molar-refractivity contribution in [3.8, 4) is 0 Å². The van der Waals surface area contributed by atoms with Crippen molar-refractivity contribution in [1.29, 1.82) is 0 Å². The molecule has 0 bridgehead atoms. The third-order valence-corrected chi connectivity index (χ3v) is 3.22.